The summed E-state index contributed by atoms with van der Waals surface area (Å²) in [6.07, 6.45) is 2.99. The van der Waals surface area contributed by atoms with E-state index in [9.17, 15) is 53.1 Å². The Hall–Kier alpha value is -5.69. The first kappa shape index (κ1) is 35.6. The van der Waals surface area contributed by atoms with Crippen molar-refractivity contribution in [2.24, 2.45) is 0 Å². The molecule has 0 saturated carbocycles. The van der Waals surface area contributed by atoms with Gasteiger partial charge in [-0.3, -0.25) is 14.6 Å². The van der Waals surface area contributed by atoms with Crippen molar-refractivity contribution in [2.75, 3.05) is 26.2 Å². The number of phenols is 2. The van der Waals surface area contributed by atoms with Crippen LogP contribution in [0.25, 0.3) is 0 Å². The minimum atomic E-state index is -1.95. The van der Waals surface area contributed by atoms with Crippen LogP contribution >= 0.6 is 11.6 Å². The number of carboxylic acid groups (broad SMARTS) is 1. The Morgan fingerprint density at radius 3 is 2.50 bits per heavy atom. The van der Waals surface area contributed by atoms with Crippen LogP contribution in [0.1, 0.15) is 44.3 Å². The summed E-state index contributed by atoms with van der Waals surface area (Å²) in [4.78, 5) is 69.9. The van der Waals surface area contributed by atoms with Crippen LogP contribution in [0.5, 0.6) is 17.2 Å². The predicted octanol–water partition coefficient (Wildman–Crippen LogP) is 1.57. The highest BCUT2D eigenvalue weighted by atomic mass is 35.5. The number of aromatic carboxylic acids is 1. The molecule has 3 heterocycles. The summed E-state index contributed by atoms with van der Waals surface area (Å²) >= 11 is 6.14. The lowest BCUT2D eigenvalue weighted by Crippen LogP contribution is -2.56. The van der Waals surface area contributed by atoms with Crippen molar-refractivity contribution in [1.29, 1.82) is 0 Å². The van der Waals surface area contributed by atoms with Crippen molar-refractivity contribution in [1.82, 2.24) is 30.7 Å². The summed E-state index contributed by atoms with van der Waals surface area (Å²) in [6, 6.07) is 1.87. The van der Waals surface area contributed by atoms with Gasteiger partial charge >= 0.3 is 25.1 Å². The van der Waals surface area contributed by atoms with Crippen molar-refractivity contribution in [3.63, 3.8) is 0 Å². The molecule has 0 radical (unpaired) electrons. The molecule has 2 aliphatic heterocycles. The summed E-state index contributed by atoms with van der Waals surface area (Å²) < 4.78 is 34.0. The monoisotopic (exact) mass is 716 g/mol. The summed E-state index contributed by atoms with van der Waals surface area (Å²) in [5.41, 5.74) is -0.873. The van der Waals surface area contributed by atoms with E-state index in [0.29, 0.717) is 18.1 Å². The van der Waals surface area contributed by atoms with Crippen LogP contribution < -0.4 is 20.6 Å². The van der Waals surface area contributed by atoms with E-state index in [-0.39, 0.29) is 44.1 Å². The second-order valence-electron chi connectivity index (χ2n) is 11.2. The molecule has 6 amide bonds. The SMILES string of the molecule is O=C(NCCCN1CCN(C(=O)NC(C(=O)N[C@H]2Cc3ccc(F)c(C(=O)O)c3OB2O)c2cc(F)c(O)c(O)c2Cl)C1=O)c1ccncc1. The lowest BCUT2D eigenvalue weighted by atomic mass is 9.72. The lowest BCUT2D eigenvalue weighted by molar-refractivity contribution is -0.123. The number of aromatic nitrogens is 1. The molecule has 16 nitrogen and oxygen atoms in total. The molecule has 7 N–H and O–H groups in total. The van der Waals surface area contributed by atoms with Crippen LogP contribution in [0.15, 0.2) is 42.7 Å². The van der Waals surface area contributed by atoms with E-state index in [0.717, 1.165) is 11.0 Å². The number of hydrogen-bond acceptors (Lipinski definition) is 10. The van der Waals surface area contributed by atoms with Gasteiger partial charge in [0.1, 0.15) is 23.2 Å². The number of fused-ring (bicyclic) bond motifs is 1. The molecule has 1 fully saturated rings. The summed E-state index contributed by atoms with van der Waals surface area (Å²) in [6.45, 7) is 0.336. The largest absolute Gasteiger partial charge is 0.547 e. The van der Waals surface area contributed by atoms with Crippen LogP contribution in [0.4, 0.5) is 18.4 Å². The number of pyridine rings is 1. The number of rotatable bonds is 10. The van der Waals surface area contributed by atoms with Crippen LogP contribution in [0, 0.1) is 11.6 Å². The molecule has 50 heavy (non-hydrogen) atoms. The molecule has 20 heteroatoms. The third-order valence-corrected chi connectivity index (χ3v) is 8.36. The molecular formula is C30H28BClF2N6O10. The Morgan fingerprint density at radius 2 is 1.80 bits per heavy atom. The first-order valence-electron chi connectivity index (χ1n) is 14.9. The van der Waals surface area contributed by atoms with Crippen LogP contribution in [0.2, 0.25) is 5.02 Å². The highest BCUT2D eigenvalue weighted by molar-refractivity contribution is 6.47. The second kappa shape index (κ2) is 14.8. The number of nitrogens with zero attached hydrogens (tertiary/aromatic N) is 3. The van der Waals surface area contributed by atoms with Gasteiger partial charge in [0.05, 0.1) is 11.0 Å². The number of nitrogens with one attached hydrogen (secondary N) is 3. The standard InChI is InChI=1S/C30H28BClF2N6O10/c32-21-16(13-18(34)23(41)24(21)42)22(27(44)37-19-12-15-2-3-17(33)20(28(45)46)25(15)50-31(19)49)38-29(47)40-11-10-39(30(40)48)9-1-6-36-26(43)14-4-7-35-8-5-14/h2-5,7-8,13,19,22,41-42,49H,1,6,9-12H2,(H,36,43)(H,37,44)(H,38,47)(H,45,46)/t19-,22?/m0/s1. The van der Waals surface area contributed by atoms with Crippen molar-refractivity contribution in [3.05, 3.63) is 81.6 Å². The number of phenolic OH excluding ortho intramolecular Hbond substituents is 2. The number of benzene rings is 2. The molecule has 2 aromatic carbocycles. The van der Waals surface area contributed by atoms with E-state index in [1.165, 1.54) is 35.5 Å². The molecular weight excluding hydrogens is 689 g/mol. The normalized spacial score (nSPS) is 16.0. The van der Waals surface area contributed by atoms with Crippen molar-refractivity contribution in [3.8, 4) is 17.2 Å². The summed E-state index contributed by atoms with van der Waals surface area (Å²) in [5.74, 6) is -9.87. The fourth-order valence-corrected chi connectivity index (χ4v) is 5.65. The van der Waals surface area contributed by atoms with E-state index in [1.807, 2.05) is 0 Å². The number of hydrogen-bond donors (Lipinski definition) is 7. The summed E-state index contributed by atoms with van der Waals surface area (Å²) in [7, 11) is -1.92. The fourth-order valence-electron chi connectivity index (χ4n) is 5.40. The molecule has 5 rings (SSSR count). The molecule has 2 atom stereocenters. The van der Waals surface area contributed by atoms with Gasteiger partial charge in [-0.05, 0) is 42.7 Å². The maximum atomic E-state index is 14.6. The first-order valence-corrected chi connectivity index (χ1v) is 15.3. The van der Waals surface area contributed by atoms with Gasteiger partial charge in [0, 0.05) is 49.7 Å². The third kappa shape index (κ3) is 7.32. The van der Waals surface area contributed by atoms with Crippen molar-refractivity contribution < 1.29 is 57.8 Å². The van der Waals surface area contributed by atoms with Crippen molar-refractivity contribution >= 4 is 48.6 Å². The topological polar surface area (TPSA) is 231 Å². The number of carboxylic acids is 1. The summed E-state index contributed by atoms with van der Waals surface area (Å²) in [5, 5.41) is 46.6. The molecule has 1 aromatic heterocycles. The number of carbonyl (C=O) groups excluding carboxylic acids is 4. The quantitative estimate of drug-likeness (QED) is 0.0905. The third-order valence-electron chi connectivity index (χ3n) is 7.96. The van der Waals surface area contributed by atoms with Gasteiger partial charge in [-0.2, -0.15) is 0 Å². The molecule has 0 aliphatic carbocycles. The van der Waals surface area contributed by atoms with Crippen LogP contribution in [-0.2, 0) is 11.2 Å². The molecule has 2 aliphatic rings. The Morgan fingerprint density at radius 1 is 1.08 bits per heavy atom. The second-order valence-corrected chi connectivity index (χ2v) is 11.5. The number of aromatic hydroxyl groups is 2. The van der Waals surface area contributed by atoms with Crippen LogP contribution in [-0.4, -0.2) is 104 Å². The van der Waals surface area contributed by atoms with Gasteiger partial charge in [-0.25, -0.2) is 28.1 Å². The molecule has 262 valence electrons. The Balaban J connectivity index is 1.29. The maximum Gasteiger partial charge on any atom is 0.547 e. The minimum absolute atomic E-state index is 0.0980. The fraction of sp³-hybridized carbons (Fsp3) is 0.267. The van der Waals surface area contributed by atoms with E-state index < -0.39 is 88.1 Å². The highest BCUT2D eigenvalue weighted by Gasteiger charge is 2.42. The zero-order valence-corrected chi connectivity index (χ0v) is 26.5. The number of halogens is 3. The first-order chi connectivity index (χ1) is 23.8. The van der Waals surface area contributed by atoms with Crippen LogP contribution in [0.3, 0.4) is 0 Å². The Bertz CT molecular complexity index is 1860. The average Bonchev–Trinajstić information content (AvgIpc) is 3.46. The molecule has 0 spiro atoms. The highest BCUT2D eigenvalue weighted by Crippen LogP contribution is 2.40. The molecule has 1 saturated heterocycles. The molecule has 1 unspecified atom stereocenters. The van der Waals surface area contributed by atoms with E-state index in [4.69, 9.17) is 16.3 Å². The maximum absolute atomic E-state index is 14.6. The number of amides is 6. The van der Waals surface area contributed by atoms with E-state index >= 15 is 0 Å². The van der Waals surface area contributed by atoms with Crippen molar-refractivity contribution in [2.45, 2.75) is 24.8 Å². The van der Waals surface area contributed by atoms with E-state index in [2.05, 4.69) is 20.9 Å². The average molecular weight is 717 g/mol. The Kier molecular flexibility index (Phi) is 10.6. The zero-order chi connectivity index (χ0) is 36.3. The smallest absolute Gasteiger partial charge is 0.534 e. The van der Waals surface area contributed by atoms with Gasteiger partial charge in [0.2, 0.25) is 5.91 Å². The zero-order valence-electron chi connectivity index (χ0n) is 25.7. The van der Waals surface area contributed by atoms with Gasteiger partial charge in [-0.15, -0.1) is 0 Å². The number of urea groups is 2. The number of carbonyl (C=O) groups is 5. The minimum Gasteiger partial charge on any atom is -0.534 e. The molecule has 3 aromatic rings. The van der Waals surface area contributed by atoms with E-state index in [1.54, 1.807) is 0 Å². The number of imide groups is 1. The lowest BCUT2D eigenvalue weighted by Gasteiger charge is -2.31. The predicted molar refractivity (Wildman–Crippen MR) is 168 cm³/mol. The molecule has 0 bridgehead atoms. The van der Waals surface area contributed by atoms with Gasteiger partial charge < -0.3 is 45.8 Å². The van der Waals surface area contributed by atoms with Gasteiger partial charge in [0.15, 0.2) is 17.3 Å². The Labute approximate surface area is 286 Å². The van der Waals surface area contributed by atoms with Gasteiger partial charge in [0.25, 0.3) is 5.91 Å². The van der Waals surface area contributed by atoms with Gasteiger partial charge in [-0.1, -0.05) is 17.7 Å².